The fraction of sp³-hybridized carbons (Fsp3) is 1.00. The van der Waals surface area contributed by atoms with Crippen molar-refractivity contribution in [2.24, 2.45) is 0 Å². The zero-order chi connectivity index (χ0) is 24.5. The molecule has 0 aliphatic rings. The van der Waals surface area contributed by atoms with E-state index in [1.54, 1.807) is 0 Å². The SMILES string of the molecule is FC(F)(F)C(F)(F)C(F)(F)C(F)(F)C(F)(F)[N+](F)(F)C(F)(F)C(F)(F)C(F)(F)F. The second-order valence-electron chi connectivity index (χ2n) is 4.89. The number of hydrogen-bond acceptors (Lipinski definition) is 0. The maximum absolute atomic E-state index is 12.9. The highest BCUT2D eigenvalue weighted by molar-refractivity contribution is 5.04. The third kappa shape index (κ3) is 3.22. The van der Waals surface area contributed by atoms with Gasteiger partial charge < -0.3 is 0 Å². The first-order valence-corrected chi connectivity index (χ1v) is 5.69. The molecular formula is C8F20N+. The monoisotopic (exact) mass is 490 g/mol. The maximum Gasteiger partial charge on any atom is 0.544 e. The quantitative estimate of drug-likeness (QED) is 0.229. The van der Waals surface area contributed by atoms with E-state index in [1.165, 1.54) is 0 Å². The van der Waals surface area contributed by atoms with Gasteiger partial charge in [0.25, 0.3) is 0 Å². The average Bonchev–Trinajstić information content (AvgIpc) is 2.43. The van der Waals surface area contributed by atoms with Crippen molar-refractivity contribution in [1.82, 2.24) is 0 Å². The largest absolute Gasteiger partial charge is 0.544 e. The predicted molar refractivity (Wildman–Crippen MR) is 44.3 cm³/mol. The fourth-order valence-electron chi connectivity index (χ4n) is 1.26. The number of halogens is 20. The van der Waals surface area contributed by atoms with Crippen molar-refractivity contribution in [3.05, 3.63) is 0 Å². The van der Waals surface area contributed by atoms with E-state index in [4.69, 9.17) is 0 Å². The molecule has 0 amide bonds. The molecule has 0 bridgehead atoms. The average molecular weight is 490 g/mol. The summed E-state index contributed by atoms with van der Waals surface area (Å²) in [6.45, 7) is 0. The Bertz CT molecular complexity index is 553. The van der Waals surface area contributed by atoms with Crippen LogP contribution in [0, 0.1) is 0 Å². The highest BCUT2D eigenvalue weighted by atomic mass is 19.5. The number of alkyl halides is 18. The molecule has 176 valence electrons. The van der Waals surface area contributed by atoms with Gasteiger partial charge in [-0.15, -0.1) is 17.6 Å². The first-order valence-electron chi connectivity index (χ1n) is 5.69. The van der Waals surface area contributed by atoms with Gasteiger partial charge in [-0.05, 0) is 0 Å². The normalized spacial score (nSPS) is 17.0. The summed E-state index contributed by atoms with van der Waals surface area (Å²) < 4.78 is 248. The molecule has 0 N–H and O–H groups in total. The van der Waals surface area contributed by atoms with E-state index in [0.29, 0.717) is 0 Å². The summed E-state index contributed by atoms with van der Waals surface area (Å²) in [5, 5.41) is 0. The molecule has 0 aliphatic carbocycles. The lowest BCUT2D eigenvalue weighted by atomic mass is 10.0. The Kier molecular flexibility index (Phi) is 5.97. The van der Waals surface area contributed by atoms with Crippen LogP contribution in [0.25, 0.3) is 0 Å². The molecule has 0 aromatic heterocycles. The van der Waals surface area contributed by atoms with E-state index in [2.05, 4.69) is 0 Å². The molecule has 0 heterocycles. The molecule has 29 heavy (non-hydrogen) atoms. The lowest BCUT2D eigenvalue weighted by molar-refractivity contribution is -1.28. The number of rotatable bonds is 6. The zero-order valence-electron chi connectivity index (χ0n) is 12.0. The molecule has 0 spiro atoms. The summed E-state index contributed by atoms with van der Waals surface area (Å²) in [7, 11) is 0. The van der Waals surface area contributed by atoms with Gasteiger partial charge in [0.05, 0.1) is 8.96 Å². The molecule has 0 saturated carbocycles. The smallest absolute Gasteiger partial charge is 0.192 e. The van der Waals surface area contributed by atoms with Crippen molar-refractivity contribution in [3.8, 4) is 0 Å². The Morgan fingerprint density at radius 2 is 0.552 bits per heavy atom. The van der Waals surface area contributed by atoms with E-state index in [-0.39, 0.29) is 0 Å². The summed E-state index contributed by atoms with van der Waals surface area (Å²) in [6, 6.07) is -17.9. The second-order valence-corrected chi connectivity index (χ2v) is 4.89. The second kappa shape index (κ2) is 6.28. The molecule has 0 aromatic carbocycles. The molecular weight excluding hydrogens is 490 g/mol. The Hall–Kier alpha value is -1.44. The van der Waals surface area contributed by atoms with Crippen molar-refractivity contribution in [2.75, 3.05) is 0 Å². The Morgan fingerprint density at radius 3 is 0.793 bits per heavy atom. The molecule has 1 nitrogen and oxygen atoms in total. The van der Waals surface area contributed by atoms with Crippen LogP contribution in [0.2, 0.25) is 0 Å². The molecule has 0 radical (unpaired) electrons. The van der Waals surface area contributed by atoms with Crippen LogP contribution in [0.4, 0.5) is 88.0 Å². The topological polar surface area (TPSA) is 0 Å². The molecule has 0 rings (SSSR count). The molecule has 0 aliphatic heterocycles. The van der Waals surface area contributed by atoms with Crippen molar-refractivity contribution >= 4 is 0 Å². The van der Waals surface area contributed by atoms with Gasteiger partial charge in [-0.2, -0.15) is 61.5 Å². The van der Waals surface area contributed by atoms with Crippen LogP contribution in [0.3, 0.4) is 0 Å². The predicted octanol–water partition coefficient (Wildman–Crippen LogP) is 6.42. The van der Waals surface area contributed by atoms with Gasteiger partial charge in [0, 0.05) is 0 Å². The summed E-state index contributed by atoms with van der Waals surface area (Å²) >= 11 is 0. The minimum Gasteiger partial charge on any atom is -0.192 e. The Labute approximate surface area is 142 Å². The summed E-state index contributed by atoms with van der Waals surface area (Å²) in [4.78, 5) is -8.09. The maximum atomic E-state index is 12.9. The number of quaternary nitrogens is 1. The molecule has 0 unspecified atom stereocenters. The van der Waals surface area contributed by atoms with Gasteiger partial charge in [-0.3, -0.25) is 0 Å². The molecule has 0 fully saturated rings. The highest BCUT2D eigenvalue weighted by Gasteiger charge is 3.01. The molecule has 0 atom stereocenters. The van der Waals surface area contributed by atoms with Crippen molar-refractivity contribution in [1.29, 1.82) is 0 Å². The fourth-order valence-corrected chi connectivity index (χ4v) is 1.26. The molecule has 0 aromatic rings. The Balaban J connectivity index is 6.82. The standard InChI is InChI=1S/C8F20N/c9-1(10,2(11,12)5(17,18)19)3(13,14)7(23,24)29(27,28)8(25,26)4(15,16)6(20,21)22/q+1. The van der Waals surface area contributed by atoms with Gasteiger partial charge in [0.2, 0.25) is 0 Å². The van der Waals surface area contributed by atoms with Crippen LogP contribution >= 0.6 is 0 Å². The molecule has 21 heteroatoms. The van der Waals surface area contributed by atoms with Crippen LogP contribution in [0.5, 0.6) is 0 Å². The Morgan fingerprint density at radius 1 is 0.310 bits per heavy atom. The van der Waals surface area contributed by atoms with Crippen molar-refractivity contribution < 1.29 is 92.9 Å². The van der Waals surface area contributed by atoms with Gasteiger partial charge in [-0.25, -0.2) is 0 Å². The van der Waals surface area contributed by atoms with Crippen molar-refractivity contribution in [2.45, 2.75) is 48.1 Å². The van der Waals surface area contributed by atoms with Gasteiger partial charge in [-0.1, -0.05) is 0 Å². The lowest BCUT2D eigenvalue weighted by Crippen LogP contribution is -2.77. The van der Waals surface area contributed by atoms with E-state index < -0.39 is 53.1 Å². The zero-order valence-corrected chi connectivity index (χ0v) is 12.0. The van der Waals surface area contributed by atoms with Crippen LogP contribution in [-0.2, 0) is 0 Å². The van der Waals surface area contributed by atoms with E-state index in [1.807, 2.05) is 0 Å². The van der Waals surface area contributed by atoms with E-state index >= 15 is 0 Å². The van der Waals surface area contributed by atoms with Crippen LogP contribution in [0.1, 0.15) is 0 Å². The number of nitrogens with zero attached hydrogens (tertiary/aromatic N) is 1. The summed E-state index contributed by atoms with van der Waals surface area (Å²) in [5.74, 6) is -34.5. The minimum absolute atomic E-state index is 7.93. The van der Waals surface area contributed by atoms with Gasteiger partial charge >= 0.3 is 48.1 Å². The van der Waals surface area contributed by atoms with E-state index in [9.17, 15) is 88.0 Å². The summed E-state index contributed by atoms with van der Waals surface area (Å²) in [5.41, 5.74) is 0. The first-order chi connectivity index (χ1) is 12.0. The third-order valence-electron chi connectivity index (χ3n) is 2.96. The van der Waals surface area contributed by atoms with Gasteiger partial charge in [0.15, 0.2) is 4.93 Å². The van der Waals surface area contributed by atoms with Crippen LogP contribution in [0.15, 0.2) is 0 Å². The third-order valence-corrected chi connectivity index (χ3v) is 2.96. The minimum atomic E-state index is -9.08. The number of hydrogen-bond donors (Lipinski definition) is 0. The van der Waals surface area contributed by atoms with Crippen LogP contribution < -0.4 is 0 Å². The molecule has 0 saturated heterocycles. The van der Waals surface area contributed by atoms with Crippen molar-refractivity contribution in [3.63, 3.8) is 0 Å². The lowest BCUT2D eigenvalue weighted by Gasteiger charge is -2.39. The van der Waals surface area contributed by atoms with Gasteiger partial charge in [0.1, 0.15) is 0 Å². The highest BCUT2D eigenvalue weighted by Crippen LogP contribution is 2.63. The van der Waals surface area contributed by atoms with Crippen LogP contribution in [-0.4, -0.2) is 53.1 Å². The first kappa shape index (κ1) is 27.6. The van der Waals surface area contributed by atoms with E-state index in [0.717, 1.165) is 0 Å². The summed E-state index contributed by atoms with van der Waals surface area (Å²) in [6.07, 6.45) is -15.9.